The van der Waals surface area contributed by atoms with Gasteiger partial charge >= 0.3 is 5.97 Å². The Morgan fingerprint density at radius 2 is 1.56 bits per heavy atom. The molecule has 2 amide bonds. The summed E-state index contributed by atoms with van der Waals surface area (Å²) in [5.74, 6) is 1.04. The maximum absolute atomic E-state index is 13.4. The predicted molar refractivity (Wildman–Crippen MR) is 133 cm³/mol. The lowest BCUT2D eigenvalue weighted by atomic mass is 9.75. The van der Waals surface area contributed by atoms with E-state index < -0.39 is 5.97 Å². The van der Waals surface area contributed by atoms with Crippen molar-refractivity contribution in [2.24, 2.45) is 22.7 Å². The predicted octanol–water partition coefficient (Wildman–Crippen LogP) is 4.73. The molecule has 1 aliphatic carbocycles. The third kappa shape index (κ3) is 5.32. The summed E-state index contributed by atoms with van der Waals surface area (Å²) < 4.78 is 6.02. The Morgan fingerprint density at radius 1 is 0.971 bits per heavy atom. The zero-order chi connectivity index (χ0) is 25.3. The number of nitrogens with one attached hydrogen (secondary N) is 3. The van der Waals surface area contributed by atoms with Crippen LogP contribution in [0, 0.1) is 24.7 Å². The summed E-state index contributed by atoms with van der Waals surface area (Å²) in [6, 6.07) is 0. The molecule has 1 aromatic heterocycles. The van der Waals surface area contributed by atoms with Crippen molar-refractivity contribution in [3.8, 4) is 0 Å². The zero-order valence-corrected chi connectivity index (χ0v) is 21.4. The fraction of sp³-hybridized carbons (Fsp3) is 0.538. The van der Waals surface area contributed by atoms with Crippen molar-refractivity contribution < 1.29 is 19.1 Å². The van der Waals surface area contributed by atoms with Gasteiger partial charge in [-0.25, -0.2) is 9.79 Å². The number of esters is 1. The largest absolute Gasteiger partial charge is 0.458 e. The van der Waals surface area contributed by atoms with E-state index in [0.29, 0.717) is 40.1 Å². The summed E-state index contributed by atoms with van der Waals surface area (Å²) in [4.78, 5) is 44.4. The van der Waals surface area contributed by atoms with E-state index in [1.54, 1.807) is 0 Å². The number of aromatic nitrogens is 1. The van der Waals surface area contributed by atoms with Gasteiger partial charge in [-0.3, -0.25) is 9.59 Å². The number of carbonyl (C=O) groups is 3. The highest BCUT2D eigenvalue weighted by molar-refractivity contribution is 6.10. The average Bonchev–Trinajstić information content (AvgIpc) is 3.14. The van der Waals surface area contributed by atoms with Crippen molar-refractivity contribution in [3.05, 3.63) is 33.7 Å². The van der Waals surface area contributed by atoms with Gasteiger partial charge in [0.2, 0.25) is 11.8 Å². The standard InChI is InChI=1S/C26H36N4O4/c1-12-9-13(2)23(14(3)10-12)34-26(33)22-17(6)21(30-25(22)28-19(8)32)11-20-15(4)16(5)24(29-20)27-18(7)31/h11-14,23,30H,9-10H2,1-8H3,(H,28,32)(H,27,29,31). The van der Waals surface area contributed by atoms with Crippen LogP contribution in [0.2, 0.25) is 0 Å². The molecule has 0 bridgehead atoms. The van der Waals surface area contributed by atoms with Crippen LogP contribution in [0.4, 0.5) is 5.82 Å². The van der Waals surface area contributed by atoms with Gasteiger partial charge in [-0.05, 0) is 74.2 Å². The summed E-state index contributed by atoms with van der Waals surface area (Å²) in [6.45, 7) is 15.0. The van der Waals surface area contributed by atoms with E-state index in [1.807, 2.05) is 26.8 Å². The molecule has 8 nitrogen and oxygen atoms in total. The van der Waals surface area contributed by atoms with Crippen molar-refractivity contribution in [1.29, 1.82) is 0 Å². The first kappa shape index (κ1) is 25.5. The maximum Gasteiger partial charge on any atom is 0.342 e. The van der Waals surface area contributed by atoms with Gasteiger partial charge in [-0.1, -0.05) is 20.8 Å². The summed E-state index contributed by atoms with van der Waals surface area (Å²) in [5, 5.41) is 5.47. The van der Waals surface area contributed by atoms with Gasteiger partial charge in [-0.15, -0.1) is 0 Å². The Morgan fingerprint density at radius 3 is 2.12 bits per heavy atom. The molecule has 184 valence electrons. The Hall–Kier alpha value is -3.16. The van der Waals surface area contributed by atoms with Crippen LogP contribution in [-0.2, 0) is 14.3 Å². The highest BCUT2D eigenvalue weighted by atomic mass is 16.5. The second-order valence-corrected chi connectivity index (χ2v) is 9.92. The van der Waals surface area contributed by atoms with Crippen LogP contribution >= 0.6 is 0 Å². The number of rotatable bonds is 4. The third-order valence-corrected chi connectivity index (χ3v) is 6.82. The SMILES string of the molecule is CC(=O)NC1=NC(=Cc2[nH]c(NC(C)=O)c(C(=O)OC3C(C)CC(C)CC3C)c2C)C(C)=C1C. The molecule has 0 radical (unpaired) electrons. The number of amides is 2. The van der Waals surface area contributed by atoms with E-state index in [1.165, 1.54) is 13.8 Å². The van der Waals surface area contributed by atoms with Crippen LogP contribution in [0.3, 0.4) is 0 Å². The highest BCUT2D eigenvalue weighted by Crippen LogP contribution is 2.36. The molecule has 3 N–H and O–H groups in total. The fourth-order valence-corrected chi connectivity index (χ4v) is 5.12. The van der Waals surface area contributed by atoms with E-state index >= 15 is 0 Å². The molecule has 1 fully saturated rings. The number of hydrogen-bond acceptors (Lipinski definition) is 5. The van der Waals surface area contributed by atoms with Crippen LogP contribution in [0.5, 0.6) is 0 Å². The molecule has 0 aromatic carbocycles. The fourth-order valence-electron chi connectivity index (χ4n) is 5.12. The van der Waals surface area contributed by atoms with Gasteiger partial charge in [0.25, 0.3) is 0 Å². The van der Waals surface area contributed by atoms with Crippen LogP contribution in [-0.4, -0.2) is 34.7 Å². The lowest BCUT2D eigenvalue weighted by Gasteiger charge is -2.37. The van der Waals surface area contributed by atoms with Crippen molar-refractivity contribution in [1.82, 2.24) is 10.3 Å². The Bertz CT molecular complexity index is 1100. The normalized spacial score (nSPS) is 25.9. The van der Waals surface area contributed by atoms with Gasteiger partial charge in [0.15, 0.2) is 0 Å². The number of amidine groups is 1. The summed E-state index contributed by atoms with van der Waals surface area (Å²) >= 11 is 0. The lowest BCUT2D eigenvalue weighted by Crippen LogP contribution is -2.37. The van der Waals surface area contributed by atoms with Crippen molar-refractivity contribution in [2.45, 2.75) is 74.3 Å². The Labute approximate surface area is 201 Å². The zero-order valence-electron chi connectivity index (χ0n) is 21.4. The van der Waals surface area contributed by atoms with Crippen LogP contribution in [0.15, 0.2) is 21.8 Å². The van der Waals surface area contributed by atoms with Gasteiger partial charge < -0.3 is 20.4 Å². The summed E-state index contributed by atoms with van der Waals surface area (Å²) in [6.07, 6.45) is 3.68. The van der Waals surface area contributed by atoms with Crippen LogP contribution in [0.25, 0.3) is 6.08 Å². The van der Waals surface area contributed by atoms with E-state index in [2.05, 4.69) is 41.4 Å². The first-order chi connectivity index (χ1) is 15.9. The van der Waals surface area contributed by atoms with Crippen LogP contribution < -0.4 is 10.6 Å². The topological polar surface area (TPSA) is 113 Å². The Kier molecular flexibility index (Phi) is 7.48. The van der Waals surface area contributed by atoms with Crippen LogP contribution in [0.1, 0.15) is 82.9 Å². The monoisotopic (exact) mass is 468 g/mol. The molecule has 2 atom stereocenters. The molecular weight excluding hydrogens is 432 g/mol. The molecule has 2 heterocycles. The molecule has 0 saturated heterocycles. The second-order valence-electron chi connectivity index (χ2n) is 9.92. The number of carbonyl (C=O) groups excluding carboxylic acids is 3. The molecule has 34 heavy (non-hydrogen) atoms. The molecular formula is C26H36N4O4. The molecule has 1 saturated carbocycles. The highest BCUT2D eigenvalue weighted by Gasteiger charge is 2.35. The summed E-state index contributed by atoms with van der Waals surface area (Å²) in [7, 11) is 0. The lowest BCUT2D eigenvalue weighted by molar-refractivity contribution is -0.117. The number of aromatic amines is 1. The number of H-pyrrole nitrogens is 1. The van der Waals surface area contributed by atoms with Crippen molar-refractivity contribution >= 4 is 35.5 Å². The number of nitrogens with zero attached hydrogens (tertiary/aromatic N) is 1. The number of ether oxygens (including phenoxy) is 1. The molecule has 1 aliphatic heterocycles. The smallest absolute Gasteiger partial charge is 0.342 e. The van der Waals surface area contributed by atoms with E-state index in [-0.39, 0.29) is 29.8 Å². The first-order valence-electron chi connectivity index (χ1n) is 11.9. The second kappa shape index (κ2) is 9.99. The van der Waals surface area contributed by atoms with Gasteiger partial charge in [0, 0.05) is 19.5 Å². The number of anilines is 1. The van der Waals surface area contributed by atoms with E-state index in [4.69, 9.17) is 4.74 Å². The number of hydrogen-bond donors (Lipinski definition) is 3. The van der Waals surface area contributed by atoms with Gasteiger partial charge in [0.05, 0.1) is 5.70 Å². The minimum absolute atomic E-state index is 0.169. The minimum Gasteiger partial charge on any atom is -0.458 e. The Balaban J connectivity index is 1.97. The molecule has 1 aromatic rings. The molecule has 8 heteroatoms. The van der Waals surface area contributed by atoms with Crippen molar-refractivity contribution in [2.75, 3.05) is 5.32 Å². The minimum atomic E-state index is -0.447. The first-order valence-corrected chi connectivity index (χ1v) is 11.9. The van der Waals surface area contributed by atoms with E-state index in [9.17, 15) is 14.4 Å². The quantitative estimate of drug-likeness (QED) is 0.554. The summed E-state index contributed by atoms with van der Waals surface area (Å²) in [5.41, 5.74) is 4.10. The third-order valence-electron chi connectivity index (χ3n) is 6.82. The molecule has 2 unspecified atom stereocenters. The van der Waals surface area contributed by atoms with Gasteiger partial charge in [-0.2, -0.15) is 0 Å². The van der Waals surface area contributed by atoms with Gasteiger partial charge in [0.1, 0.15) is 23.3 Å². The molecule has 2 aliphatic rings. The molecule has 0 spiro atoms. The number of aliphatic imine (C=N–C) groups is 1. The van der Waals surface area contributed by atoms with Crippen molar-refractivity contribution in [3.63, 3.8) is 0 Å². The number of allylic oxidation sites excluding steroid dienone is 1. The maximum atomic E-state index is 13.4. The average molecular weight is 469 g/mol. The molecule has 3 rings (SSSR count). The van der Waals surface area contributed by atoms with E-state index in [0.717, 1.165) is 24.0 Å².